The van der Waals surface area contributed by atoms with E-state index >= 15 is 0 Å². The molecule has 1 N–H and O–H groups in total. The number of aromatic nitrogens is 3. The Morgan fingerprint density at radius 1 is 1.33 bits per heavy atom. The van der Waals surface area contributed by atoms with E-state index in [9.17, 15) is 0 Å². The van der Waals surface area contributed by atoms with Gasteiger partial charge in [0.2, 0.25) is 17.2 Å². The first-order valence-corrected chi connectivity index (χ1v) is 6.26. The molecular weight excluding hydrogens is 254 g/mol. The number of hydrogen-bond donors (Lipinski definition) is 1. The maximum atomic E-state index is 5.90. The van der Waals surface area contributed by atoms with Crippen molar-refractivity contribution in [3.05, 3.63) is 17.9 Å². The van der Waals surface area contributed by atoms with Crippen LogP contribution in [0.4, 0.5) is 11.9 Å². The number of nitrogens with zero attached hydrogens (tertiary/aromatic N) is 4. The van der Waals surface area contributed by atoms with Gasteiger partial charge in [-0.1, -0.05) is 6.08 Å². The zero-order valence-corrected chi connectivity index (χ0v) is 10.9. The molecule has 18 heavy (non-hydrogen) atoms. The van der Waals surface area contributed by atoms with E-state index in [2.05, 4.69) is 26.8 Å². The van der Waals surface area contributed by atoms with Crippen molar-refractivity contribution in [2.75, 3.05) is 43.1 Å². The first-order chi connectivity index (χ1) is 8.79. The normalized spacial score (nSPS) is 15.5. The number of hydrogen-bond acceptors (Lipinski definition) is 6. The van der Waals surface area contributed by atoms with Gasteiger partial charge in [-0.3, -0.25) is 0 Å². The van der Waals surface area contributed by atoms with E-state index in [1.807, 2.05) is 11.0 Å². The molecule has 1 aromatic rings. The molecule has 0 amide bonds. The van der Waals surface area contributed by atoms with Crippen molar-refractivity contribution in [2.45, 2.75) is 6.42 Å². The van der Waals surface area contributed by atoms with E-state index in [0.29, 0.717) is 25.1 Å². The summed E-state index contributed by atoms with van der Waals surface area (Å²) in [6.07, 6.45) is 2.68. The van der Waals surface area contributed by atoms with Crippen LogP contribution in [0.1, 0.15) is 6.42 Å². The minimum Gasteiger partial charge on any atom is -0.378 e. The first kappa shape index (κ1) is 13.0. The molecule has 0 unspecified atom stereocenters. The number of anilines is 2. The predicted octanol–water partition coefficient (Wildman–Crippen LogP) is 1.35. The summed E-state index contributed by atoms with van der Waals surface area (Å²) in [7, 11) is 0. The van der Waals surface area contributed by atoms with E-state index in [0.717, 1.165) is 26.1 Å². The summed E-state index contributed by atoms with van der Waals surface area (Å²) >= 11 is 5.90. The highest BCUT2D eigenvalue weighted by Crippen LogP contribution is 2.14. The molecule has 0 aliphatic carbocycles. The Kier molecular flexibility index (Phi) is 4.72. The van der Waals surface area contributed by atoms with Crippen molar-refractivity contribution in [1.82, 2.24) is 15.0 Å². The van der Waals surface area contributed by atoms with Crippen LogP contribution in [0.25, 0.3) is 0 Å². The van der Waals surface area contributed by atoms with Gasteiger partial charge in [-0.2, -0.15) is 15.0 Å². The summed E-state index contributed by atoms with van der Waals surface area (Å²) in [5.74, 6) is 1.10. The molecule has 0 atom stereocenters. The lowest BCUT2D eigenvalue weighted by atomic mass is 10.4. The summed E-state index contributed by atoms with van der Waals surface area (Å²) < 4.78 is 5.29. The van der Waals surface area contributed by atoms with Gasteiger partial charge in [0.05, 0.1) is 13.2 Å². The Balaban J connectivity index is 2.07. The quantitative estimate of drug-likeness (QED) is 0.643. The second kappa shape index (κ2) is 6.51. The fourth-order valence-electron chi connectivity index (χ4n) is 1.61. The third-order valence-corrected chi connectivity index (χ3v) is 2.69. The van der Waals surface area contributed by atoms with Gasteiger partial charge in [0.25, 0.3) is 0 Å². The maximum Gasteiger partial charge on any atom is 0.231 e. The van der Waals surface area contributed by atoms with Crippen LogP contribution < -0.4 is 10.2 Å². The van der Waals surface area contributed by atoms with Crippen LogP contribution in [0.15, 0.2) is 12.7 Å². The van der Waals surface area contributed by atoms with E-state index in [1.54, 1.807) is 0 Å². The average molecular weight is 270 g/mol. The third kappa shape index (κ3) is 3.54. The van der Waals surface area contributed by atoms with Crippen LogP contribution in [-0.2, 0) is 4.74 Å². The fraction of sp³-hybridized carbons (Fsp3) is 0.545. The lowest BCUT2D eigenvalue weighted by molar-refractivity contribution is 0.122. The van der Waals surface area contributed by atoms with Crippen LogP contribution in [-0.4, -0.2) is 47.8 Å². The molecule has 2 rings (SSSR count). The minimum atomic E-state index is 0.201. The van der Waals surface area contributed by atoms with E-state index in [4.69, 9.17) is 16.3 Å². The second-order valence-electron chi connectivity index (χ2n) is 3.83. The van der Waals surface area contributed by atoms with Gasteiger partial charge in [-0.25, -0.2) is 0 Å². The summed E-state index contributed by atoms with van der Waals surface area (Å²) in [5.41, 5.74) is 0. The van der Waals surface area contributed by atoms with Gasteiger partial charge in [0.15, 0.2) is 0 Å². The van der Waals surface area contributed by atoms with E-state index in [1.165, 1.54) is 0 Å². The third-order valence-electron chi connectivity index (χ3n) is 2.52. The molecular formula is C11H16ClN5O. The molecule has 0 saturated carbocycles. The molecule has 1 aromatic heterocycles. The minimum absolute atomic E-state index is 0.201. The molecule has 1 fully saturated rings. The van der Waals surface area contributed by atoms with E-state index < -0.39 is 0 Å². The van der Waals surface area contributed by atoms with Crippen LogP contribution in [0.3, 0.4) is 0 Å². The van der Waals surface area contributed by atoms with E-state index in [-0.39, 0.29) is 5.28 Å². The van der Waals surface area contributed by atoms with Crippen LogP contribution in [0.5, 0.6) is 0 Å². The highest BCUT2D eigenvalue weighted by Gasteiger charge is 2.15. The number of halogens is 1. The zero-order valence-electron chi connectivity index (χ0n) is 10.1. The van der Waals surface area contributed by atoms with Gasteiger partial charge in [0.1, 0.15) is 0 Å². The van der Waals surface area contributed by atoms with Crippen LogP contribution >= 0.6 is 11.6 Å². The summed E-state index contributed by atoms with van der Waals surface area (Å²) in [5, 5.41) is 3.29. The molecule has 0 bridgehead atoms. The predicted molar refractivity (Wildman–Crippen MR) is 71.2 cm³/mol. The Morgan fingerprint density at radius 3 is 2.83 bits per heavy atom. The maximum absolute atomic E-state index is 5.90. The number of rotatable bonds is 5. The first-order valence-electron chi connectivity index (χ1n) is 5.88. The van der Waals surface area contributed by atoms with Crippen LogP contribution in [0.2, 0.25) is 5.28 Å². The number of nitrogens with one attached hydrogen (secondary N) is 1. The molecule has 6 nitrogen and oxygen atoms in total. The number of ether oxygens (including phenoxy) is 1. The Labute approximate surface area is 111 Å². The smallest absolute Gasteiger partial charge is 0.231 e. The highest BCUT2D eigenvalue weighted by molar-refractivity contribution is 6.28. The van der Waals surface area contributed by atoms with Gasteiger partial charge < -0.3 is 15.0 Å². The van der Waals surface area contributed by atoms with Gasteiger partial charge >= 0.3 is 0 Å². The van der Waals surface area contributed by atoms with Crippen molar-refractivity contribution in [3.8, 4) is 0 Å². The fourth-order valence-corrected chi connectivity index (χ4v) is 1.77. The standard InChI is InChI=1S/C11H16ClN5O/c1-2-3-4-13-10-14-9(12)15-11(16-10)17-5-7-18-8-6-17/h2H,1,3-8H2,(H,13,14,15,16). The molecule has 98 valence electrons. The largest absolute Gasteiger partial charge is 0.378 e. The van der Waals surface area contributed by atoms with Crippen molar-refractivity contribution in [1.29, 1.82) is 0 Å². The van der Waals surface area contributed by atoms with Gasteiger partial charge in [0, 0.05) is 19.6 Å². The SMILES string of the molecule is C=CCCNc1nc(Cl)nc(N2CCOCC2)n1. The second-order valence-corrected chi connectivity index (χ2v) is 4.17. The Bertz CT molecular complexity index is 408. The van der Waals surface area contributed by atoms with Crippen molar-refractivity contribution >= 4 is 23.5 Å². The average Bonchev–Trinajstić information content (AvgIpc) is 2.39. The van der Waals surface area contributed by atoms with Crippen molar-refractivity contribution < 1.29 is 4.74 Å². The summed E-state index contributed by atoms with van der Waals surface area (Å²) in [4.78, 5) is 14.6. The van der Waals surface area contributed by atoms with Crippen molar-refractivity contribution in [3.63, 3.8) is 0 Å². The highest BCUT2D eigenvalue weighted by atomic mass is 35.5. The van der Waals surface area contributed by atoms with Crippen LogP contribution in [0, 0.1) is 0 Å². The lowest BCUT2D eigenvalue weighted by Crippen LogP contribution is -2.37. The number of morpholine rings is 1. The summed E-state index contributed by atoms with van der Waals surface area (Å²) in [6.45, 7) is 7.29. The molecule has 1 saturated heterocycles. The summed E-state index contributed by atoms with van der Waals surface area (Å²) in [6, 6.07) is 0. The molecule has 0 aromatic carbocycles. The topological polar surface area (TPSA) is 63.2 Å². The monoisotopic (exact) mass is 269 g/mol. The molecule has 0 spiro atoms. The lowest BCUT2D eigenvalue weighted by Gasteiger charge is -2.26. The molecule has 2 heterocycles. The Morgan fingerprint density at radius 2 is 2.11 bits per heavy atom. The Hall–Kier alpha value is -1.40. The van der Waals surface area contributed by atoms with Crippen molar-refractivity contribution in [2.24, 2.45) is 0 Å². The molecule has 1 aliphatic rings. The molecule has 0 radical (unpaired) electrons. The zero-order chi connectivity index (χ0) is 12.8. The molecule has 7 heteroatoms. The van der Waals surface area contributed by atoms with Gasteiger partial charge in [-0.15, -0.1) is 6.58 Å². The van der Waals surface area contributed by atoms with Gasteiger partial charge in [-0.05, 0) is 18.0 Å². The molecule has 1 aliphatic heterocycles.